The van der Waals surface area contributed by atoms with Crippen molar-refractivity contribution in [2.24, 2.45) is 28.6 Å². The van der Waals surface area contributed by atoms with Crippen molar-refractivity contribution in [1.82, 2.24) is 0 Å². The van der Waals surface area contributed by atoms with Gasteiger partial charge in [-0.2, -0.15) is 0 Å². The molecule has 5 unspecified atom stereocenters. The van der Waals surface area contributed by atoms with Crippen LogP contribution in [-0.4, -0.2) is 52.5 Å². The summed E-state index contributed by atoms with van der Waals surface area (Å²) >= 11 is 0. The van der Waals surface area contributed by atoms with Gasteiger partial charge in [-0.05, 0) is 43.6 Å². The van der Waals surface area contributed by atoms with Gasteiger partial charge in [0.25, 0.3) is 0 Å². The Morgan fingerprint density at radius 2 is 2.10 bits per heavy atom. The molecule has 1 aliphatic heterocycles. The predicted octanol–water partition coefficient (Wildman–Crippen LogP) is 2.72. The highest BCUT2D eigenvalue weighted by atomic mass is 16.7. The van der Waals surface area contributed by atoms with Gasteiger partial charge in [0, 0.05) is 23.2 Å². The van der Waals surface area contributed by atoms with Crippen molar-refractivity contribution in [3.8, 4) is 0 Å². The first-order valence-electron chi connectivity index (χ1n) is 11.8. The summed E-state index contributed by atoms with van der Waals surface area (Å²) in [4.78, 5) is 25.2. The van der Waals surface area contributed by atoms with Crippen molar-refractivity contribution >= 4 is 11.6 Å². The molecule has 6 nitrogen and oxygen atoms in total. The van der Waals surface area contributed by atoms with Crippen LogP contribution in [0.15, 0.2) is 23.8 Å². The molecule has 0 aromatic carbocycles. The van der Waals surface area contributed by atoms with Crippen molar-refractivity contribution in [3.63, 3.8) is 0 Å². The van der Waals surface area contributed by atoms with E-state index in [1.54, 1.807) is 6.08 Å². The lowest BCUT2D eigenvalue weighted by atomic mass is 9.47. The van der Waals surface area contributed by atoms with Gasteiger partial charge in [0.15, 0.2) is 23.5 Å². The number of ether oxygens (including phenoxy) is 2. The predicted molar refractivity (Wildman–Crippen MR) is 113 cm³/mol. The zero-order chi connectivity index (χ0) is 22.2. The van der Waals surface area contributed by atoms with Crippen LogP contribution in [0.2, 0.25) is 0 Å². The summed E-state index contributed by atoms with van der Waals surface area (Å²) in [6, 6.07) is 0. The minimum atomic E-state index is -1.21. The Bertz CT molecular complexity index is 862. The number of carbonyl (C=O) groups excluding carboxylic acids is 2. The van der Waals surface area contributed by atoms with Crippen molar-refractivity contribution < 1.29 is 29.3 Å². The maximum Gasteiger partial charge on any atom is 0.193 e. The molecule has 31 heavy (non-hydrogen) atoms. The quantitative estimate of drug-likeness (QED) is 0.666. The number of aliphatic hydroxyl groups is 2. The number of allylic oxidation sites excluding steroid dienone is 4. The van der Waals surface area contributed by atoms with Crippen LogP contribution in [0.25, 0.3) is 0 Å². The van der Waals surface area contributed by atoms with Crippen molar-refractivity contribution in [2.45, 2.75) is 83.4 Å². The second-order valence-electron chi connectivity index (χ2n) is 10.7. The Labute approximate surface area is 183 Å². The zero-order valence-corrected chi connectivity index (χ0v) is 18.7. The molecule has 1 heterocycles. The van der Waals surface area contributed by atoms with Crippen molar-refractivity contribution in [3.05, 3.63) is 23.8 Å². The maximum absolute atomic E-state index is 13.2. The van der Waals surface area contributed by atoms with Crippen LogP contribution in [0.1, 0.15) is 59.3 Å². The second kappa shape index (κ2) is 7.08. The number of ketones is 2. The number of carbonyl (C=O) groups is 2. The van der Waals surface area contributed by atoms with Crippen LogP contribution in [0, 0.1) is 28.6 Å². The molecule has 1 saturated heterocycles. The molecule has 3 fully saturated rings. The molecule has 2 N–H and O–H groups in total. The van der Waals surface area contributed by atoms with E-state index in [9.17, 15) is 19.8 Å². The van der Waals surface area contributed by atoms with Gasteiger partial charge < -0.3 is 19.7 Å². The van der Waals surface area contributed by atoms with E-state index < -0.39 is 36.1 Å². The van der Waals surface area contributed by atoms with E-state index >= 15 is 0 Å². The standard InChI is InChI=1S/C25H34O6/c1-4-5-21-30-20-11-17-16-7-6-14-10-15(27)8-9-23(14,2)22(16)18(28)12-24(17,3)25(20,31-21)19(29)13-26/h6,8-9,16-18,20-22,26,28H,4-5,7,10-13H2,1-3H3/t16?,17-,18-,20+,21?,22+,23?,24?,25?/m0/s1. The fourth-order valence-electron chi connectivity index (χ4n) is 8.03. The van der Waals surface area contributed by atoms with Crippen molar-refractivity contribution in [2.75, 3.05) is 6.61 Å². The summed E-state index contributed by atoms with van der Waals surface area (Å²) in [5.74, 6) is 0.0642. The molecule has 9 atom stereocenters. The van der Waals surface area contributed by atoms with Crippen LogP contribution in [0.3, 0.4) is 0 Å². The average Bonchev–Trinajstić information content (AvgIpc) is 3.20. The first-order valence-corrected chi connectivity index (χ1v) is 11.8. The Kier molecular flexibility index (Phi) is 4.91. The number of aliphatic hydroxyl groups excluding tert-OH is 2. The van der Waals surface area contributed by atoms with Crippen LogP contribution < -0.4 is 0 Å². The number of hydrogen-bond acceptors (Lipinski definition) is 6. The monoisotopic (exact) mass is 430 g/mol. The zero-order valence-electron chi connectivity index (χ0n) is 18.7. The van der Waals surface area contributed by atoms with Crippen LogP contribution in [0.4, 0.5) is 0 Å². The third-order valence-corrected chi connectivity index (χ3v) is 9.33. The molecule has 0 radical (unpaired) electrons. The molecule has 5 aliphatic rings. The van der Waals surface area contributed by atoms with E-state index in [-0.39, 0.29) is 34.7 Å². The molecule has 0 bridgehead atoms. The van der Waals surface area contributed by atoms with Gasteiger partial charge in [-0.15, -0.1) is 0 Å². The normalized spacial score (nSPS) is 50.4. The van der Waals surface area contributed by atoms with Gasteiger partial charge in [-0.25, -0.2) is 0 Å². The summed E-state index contributed by atoms with van der Waals surface area (Å²) in [6.07, 6.45) is 8.28. The summed E-state index contributed by atoms with van der Waals surface area (Å²) < 4.78 is 12.7. The fourth-order valence-corrected chi connectivity index (χ4v) is 8.03. The highest BCUT2D eigenvalue weighted by Gasteiger charge is 2.75. The molecular weight excluding hydrogens is 396 g/mol. The van der Waals surface area contributed by atoms with Gasteiger partial charge in [0.2, 0.25) is 0 Å². The summed E-state index contributed by atoms with van der Waals surface area (Å²) in [5, 5.41) is 21.4. The number of fused-ring (bicyclic) bond motifs is 7. The Hall–Kier alpha value is -1.34. The smallest absolute Gasteiger partial charge is 0.193 e. The van der Waals surface area contributed by atoms with Gasteiger partial charge >= 0.3 is 0 Å². The molecule has 2 saturated carbocycles. The third kappa shape index (κ3) is 2.65. The molecule has 0 aromatic rings. The van der Waals surface area contributed by atoms with Gasteiger partial charge in [-0.3, -0.25) is 9.59 Å². The molecule has 170 valence electrons. The number of Topliss-reactive ketones (excluding diaryl/α,β-unsaturated/α-hetero) is 1. The third-order valence-electron chi connectivity index (χ3n) is 9.33. The average molecular weight is 431 g/mol. The minimum absolute atomic E-state index is 0.0125. The van der Waals surface area contributed by atoms with Crippen LogP contribution in [0.5, 0.6) is 0 Å². The van der Waals surface area contributed by atoms with Gasteiger partial charge in [0.05, 0.1) is 12.2 Å². The lowest BCUT2D eigenvalue weighted by Gasteiger charge is -2.59. The highest BCUT2D eigenvalue weighted by molar-refractivity contribution is 5.93. The van der Waals surface area contributed by atoms with Crippen molar-refractivity contribution in [1.29, 1.82) is 0 Å². The van der Waals surface area contributed by atoms with E-state index in [2.05, 4.69) is 26.8 Å². The molecular formula is C25H34O6. The topological polar surface area (TPSA) is 93.1 Å². The van der Waals surface area contributed by atoms with E-state index in [1.807, 2.05) is 6.08 Å². The largest absolute Gasteiger partial charge is 0.393 e. The molecule has 6 heteroatoms. The molecule has 0 amide bonds. The number of rotatable bonds is 4. The summed E-state index contributed by atoms with van der Waals surface area (Å²) in [7, 11) is 0. The Morgan fingerprint density at radius 1 is 1.32 bits per heavy atom. The minimum Gasteiger partial charge on any atom is -0.393 e. The fraction of sp³-hybridized carbons (Fsp3) is 0.760. The van der Waals surface area contributed by atoms with E-state index in [0.717, 1.165) is 18.4 Å². The van der Waals surface area contributed by atoms with Crippen LogP contribution in [-0.2, 0) is 19.1 Å². The van der Waals surface area contributed by atoms with Crippen LogP contribution >= 0.6 is 0 Å². The lowest BCUT2D eigenvalue weighted by molar-refractivity contribution is -0.198. The molecule has 0 spiro atoms. The first-order chi connectivity index (χ1) is 14.7. The summed E-state index contributed by atoms with van der Waals surface area (Å²) in [6.45, 7) is 5.66. The van der Waals surface area contributed by atoms with Gasteiger partial charge in [-0.1, -0.05) is 44.9 Å². The maximum atomic E-state index is 13.2. The molecule has 5 rings (SSSR count). The van der Waals surface area contributed by atoms with E-state index in [4.69, 9.17) is 9.47 Å². The SMILES string of the molecule is CCCC1O[C@@H]2C[C@H]3C4CC=C5CC(=O)C=CC5(C)[C@H]4[C@@H](O)CC3(C)C2(C(=O)CO)O1. The first kappa shape index (κ1) is 21.5. The van der Waals surface area contributed by atoms with E-state index in [1.165, 1.54) is 0 Å². The second-order valence-corrected chi connectivity index (χ2v) is 10.7. The Balaban J connectivity index is 1.56. The number of hydrogen-bond donors (Lipinski definition) is 2. The molecule has 4 aliphatic carbocycles. The molecule has 0 aromatic heterocycles. The summed E-state index contributed by atoms with van der Waals surface area (Å²) in [5.41, 5.74) is -1.06. The van der Waals surface area contributed by atoms with Gasteiger partial charge in [0.1, 0.15) is 6.61 Å². The van der Waals surface area contributed by atoms with E-state index in [0.29, 0.717) is 25.7 Å². The lowest BCUT2D eigenvalue weighted by Crippen LogP contribution is -2.63. The highest BCUT2D eigenvalue weighted by Crippen LogP contribution is 2.69. The Morgan fingerprint density at radius 3 is 2.81 bits per heavy atom.